The van der Waals surface area contributed by atoms with E-state index in [1.165, 1.54) is 176 Å². The Bertz CT molecular complexity index is 5480. The second-order valence-corrected chi connectivity index (χ2v) is 22.3. The van der Waals surface area contributed by atoms with Crippen molar-refractivity contribution in [3.63, 3.8) is 0 Å². The van der Waals surface area contributed by atoms with E-state index in [1.807, 2.05) is 0 Å². The molecule has 6 aromatic heterocycles. The maximum atomic E-state index is 2.62. The third-order valence-electron chi connectivity index (χ3n) is 18.2. The van der Waals surface area contributed by atoms with Crippen molar-refractivity contribution in [3.05, 3.63) is 279 Å². The highest BCUT2D eigenvalue weighted by Crippen LogP contribution is 2.54. The van der Waals surface area contributed by atoms with E-state index < -0.39 is 0 Å². The Hall–Kier alpha value is -10.9. The topological polar surface area (TPSA) is 18.7 Å². The van der Waals surface area contributed by atoms with Gasteiger partial charge >= 0.3 is 0 Å². The molecule has 0 N–H and O–H groups in total. The lowest BCUT2D eigenvalue weighted by Gasteiger charge is -2.16. The average molecular weight is 1040 g/mol. The first-order chi connectivity index (χ1) is 40.7. The number of aromatic nitrogens is 4. The number of hydrogen-bond acceptors (Lipinski definition) is 0. The van der Waals surface area contributed by atoms with Crippen LogP contribution in [-0.2, 0) is 0 Å². The summed E-state index contributed by atoms with van der Waals surface area (Å²) in [4.78, 5) is 0. The molecule has 0 unspecified atom stereocenters. The fraction of sp³-hybridized carbons (Fsp3) is 0. The Morgan fingerprint density at radius 3 is 0.890 bits per heavy atom. The maximum Gasteiger partial charge on any atom is 0.0634 e. The third kappa shape index (κ3) is 5.79. The molecule has 0 bridgehead atoms. The van der Waals surface area contributed by atoms with E-state index in [0.717, 1.165) is 0 Å². The van der Waals surface area contributed by atoms with Crippen molar-refractivity contribution in [2.45, 2.75) is 0 Å². The van der Waals surface area contributed by atoms with Gasteiger partial charge in [0.2, 0.25) is 0 Å². The molecule has 0 aliphatic carbocycles. The van der Waals surface area contributed by atoms with E-state index in [-0.39, 0.29) is 0 Å². The van der Waals surface area contributed by atoms with Gasteiger partial charge < -0.3 is 17.9 Å². The van der Waals surface area contributed by atoms with Gasteiger partial charge in [-0.2, -0.15) is 0 Å². The van der Waals surface area contributed by atoms with Gasteiger partial charge in [0.05, 0.1) is 55.2 Å². The second-order valence-electron chi connectivity index (χ2n) is 22.3. The molecule has 13 aromatic carbocycles. The van der Waals surface area contributed by atoms with Crippen LogP contribution in [0.15, 0.2) is 279 Å². The Morgan fingerprint density at radius 1 is 0.183 bits per heavy atom. The Morgan fingerprint density at radius 2 is 0.488 bits per heavy atom. The zero-order chi connectivity index (χ0) is 53.3. The normalized spacial score (nSPS) is 12.4. The fourth-order valence-corrected chi connectivity index (χ4v) is 14.8. The van der Waals surface area contributed by atoms with E-state index in [9.17, 15) is 0 Å². The highest BCUT2D eigenvalue weighted by Gasteiger charge is 2.31. The molecule has 6 heterocycles. The fourth-order valence-electron chi connectivity index (χ4n) is 14.8. The predicted molar refractivity (Wildman–Crippen MR) is 346 cm³/mol. The summed E-state index contributed by atoms with van der Waals surface area (Å²) >= 11 is 0. The summed E-state index contributed by atoms with van der Waals surface area (Å²) in [6, 6.07) is 104. The van der Waals surface area contributed by atoms with Crippen molar-refractivity contribution in [3.8, 4) is 55.9 Å². The van der Waals surface area contributed by atoms with Crippen LogP contribution in [0.4, 0.5) is 0 Å². The van der Waals surface area contributed by atoms with E-state index in [0.29, 0.717) is 0 Å². The van der Waals surface area contributed by atoms with Gasteiger partial charge in [-0.3, -0.25) is 0 Å². The lowest BCUT2D eigenvalue weighted by atomic mass is 9.89. The van der Waals surface area contributed by atoms with Gasteiger partial charge in [-0.25, -0.2) is 0 Å². The molecule has 0 radical (unpaired) electrons. The summed E-state index contributed by atoms with van der Waals surface area (Å²) < 4.78 is 10.0. The highest BCUT2D eigenvalue weighted by atomic mass is 15.0. The number of hydrogen-bond donors (Lipinski definition) is 0. The molecule has 19 rings (SSSR count). The summed E-state index contributed by atoms with van der Waals surface area (Å²) in [7, 11) is 0. The van der Waals surface area contributed by atoms with Gasteiger partial charge in [0, 0.05) is 87.1 Å². The molecule has 82 heavy (non-hydrogen) atoms. The van der Waals surface area contributed by atoms with Crippen LogP contribution in [0.25, 0.3) is 176 Å². The van der Waals surface area contributed by atoms with Crippen LogP contribution in [0.5, 0.6) is 0 Å². The van der Waals surface area contributed by atoms with Gasteiger partial charge in [-0.1, -0.05) is 194 Å². The number of rotatable bonds is 6. The van der Waals surface area contributed by atoms with Gasteiger partial charge in [0.1, 0.15) is 0 Å². The largest absolute Gasteiger partial charge is 0.309 e. The molecule has 0 atom stereocenters. The van der Waals surface area contributed by atoms with Gasteiger partial charge in [-0.15, -0.1) is 0 Å². The van der Waals surface area contributed by atoms with Crippen LogP contribution in [-0.4, -0.2) is 17.9 Å². The number of para-hydroxylation sites is 6. The van der Waals surface area contributed by atoms with Crippen molar-refractivity contribution in [1.29, 1.82) is 0 Å². The average Bonchev–Trinajstić information content (AvgIpc) is 2.90. The monoisotopic (exact) mass is 1040 g/mol. The molecule has 4 nitrogen and oxygen atoms in total. The van der Waals surface area contributed by atoms with Crippen LogP contribution < -0.4 is 0 Å². The van der Waals surface area contributed by atoms with Crippen molar-refractivity contribution in [2.75, 3.05) is 0 Å². The quantitative estimate of drug-likeness (QED) is 0.158. The SMILES string of the molecule is c1ccc(-c2c3c4cccc5c6cc(-c7ccc8c(c7)c7ccccc7n8-c7ccccc7)ccc6n(c3c(-c3ccccc3)c3c6cccc7c8cc(-c9ccc%10c(c9)c9ccccc9n%10-c9ccccc9)ccc8n(c23)c76)c54)cc1. The number of nitrogens with zero attached hydrogens (tertiary/aromatic N) is 4. The number of benzene rings is 13. The molecule has 19 aromatic rings. The van der Waals surface area contributed by atoms with E-state index >= 15 is 0 Å². The molecule has 0 spiro atoms. The van der Waals surface area contributed by atoms with Crippen LogP contribution in [0, 0.1) is 0 Å². The lowest BCUT2D eigenvalue weighted by Crippen LogP contribution is -1.93. The highest BCUT2D eigenvalue weighted by molar-refractivity contribution is 6.38. The predicted octanol–water partition coefficient (Wildman–Crippen LogP) is 20.8. The van der Waals surface area contributed by atoms with Gasteiger partial charge in [0.25, 0.3) is 0 Å². The van der Waals surface area contributed by atoms with Crippen LogP contribution >= 0.6 is 0 Å². The first-order valence-electron chi connectivity index (χ1n) is 28.4. The molecule has 0 aliphatic rings. The first kappa shape index (κ1) is 44.0. The van der Waals surface area contributed by atoms with Crippen molar-refractivity contribution in [1.82, 2.24) is 17.9 Å². The van der Waals surface area contributed by atoms with E-state index in [1.54, 1.807) is 0 Å². The summed E-state index contributed by atoms with van der Waals surface area (Å²) in [5.41, 5.74) is 24.3. The lowest BCUT2D eigenvalue weighted by molar-refractivity contribution is 1.18. The summed E-state index contributed by atoms with van der Waals surface area (Å²) in [6.45, 7) is 0. The molecular formula is C78H46N4. The zero-order valence-electron chi connectivity index (χ0n) is 44.3. The summed E-state index contributed by atoms with van der Waals surface area (Å²) in [6.07, 6.45) is 0. The molecule has 0 aliphatic heterocycles. The minimum Gasteiger partial charge on any atom is -0.309 e. The number of fused-ring (bicyclic) bond motifs is 18. The molecule has 0 amide bonds. The summed E-state index contributed by atoms with van der Waals surface area (Å²) in [5.74, 6) is 0. The Kier molecular flexibility index (Phi) is 8.76. The Balaban J connectivity index is 0.875. The minimum atomic E-state index is 1.17. The van der Waals surface area contributed by atoms with Gasteiger partial charge in [0.15, 0.2) is 0 Å². The van der Waals surface area contributed by atoms with E-state index in [4.69, 9.17) is 0 Å². The summed E-state index contributed by atoms with van der Waals surface area (Å²) in [5, 5.41) is 15.1. The minimum absolute atomic E-state index is 1.17. The standard InChI is InChI=1S/C78H46N4/c1-5-19-47(20-6-1)71-73-59-31-17-29-57-64-46-52(50-36-40-68-62(44-50)56-28-14-16-34-66(56)80(68)54-25-11-4-12-26-54)38-42-70(64)82(75(57)59)78(73)72(48-21-7-2-8-22-48)74-60-32-18-30-58-63-45-51(37-41-69(63)81(76(58)60)77(71)74)49-35-39-67-61(43-49)55-27-13-15-33-65(55)79(67)53-23-9-3-10-24-53/h1-46H. The smallest absolute Gasteiger partial charge is 0.0634 e. The molecule has 4 heteroatoms. The Labute approximate surface area is 470 Å². The van der Waals surface area contributed by atoms with E-state index in [2.05, 4.69) is 297 Å². The van der Waals surface area contributed by atoms with Crippen molar-refractivity contribution in [2.24, 2.45) is 0 Å². The zero-order valence-corrected chi connectivity index (χ0v) is 44.3. The molecule has 378 valence electrons. The van der Waals surface area contributed by atoms with Crippen molar-refractivity contribution < 1.29 is 0 Å². The van der Waals surface area contributed by atoms with Crippen LogP contribution in [0.2, 0.25) is 0 Å². The molecule has 0 saturated heterocycles. The third-order valence-corrected chi connectivity index (χ3v) is 18.2. The molecule has 0 fully saturated rings. The second kappa shape index (κ2) is 16.3. The van der Waals surface area contributed by atoms with Crippen LogP contribution in [0.3, 0.4) is 0 Å². The molecule has 0 saturated carbocycles. The molecular weight excluding hydrogens is 993 g/mol. The first-order valence-corrected chi connectivity index (χ1v) is 28.4. The van der Waals surface area contributed by atoms with Gasteiger partial charge in [-0.05, 0) is 118 Å². The maximum absolute atomic E-state index is 2.62. The van der Waals surface area contributed by atoms with Crippen molar-refractivity contribution >= 4 is 120 Å². The van der Waals surface area contributed by atoms with Crippen LogP contribution in [0.1, 0.15) is 0 Å².